The third-order valence-corrected chi connectivity index (χ3v) is 2.86. The van der Waals surface area contributed by atoms with E-state index in [2.05, 4.69) is 20.5 Å². The molecule has 0 aliphatic carbocycles. The highest BCUT2D eigenvalue weighted by Gasteiger charge is 2.07. The van der Waals surface area contributed by atoms with Crippen LogP contribution in [0.15, 0.2) is 61.1 Å². The maximum atomic E-state index is 11.8. The minimum absolute atomic E-state index is 0.190. The molecule has 0 saturated carbocycles. The molecule has 2 N–H and O–H groups in total. The maximum absolute atomic E-state index is 11.8. The smallest absolute Gasteiger partial charge is 0.258 e. The van der Waals surface area contributed by atoms with Crippen molar-refractivity contribution in [3.63, 3.8) is 0 Å². The van der Waals surface area contributed by atoms with Crippen LogP contribution >= 0.6 is 0 Å². The highest BCUT2D eigenvalue weighted by atomic mass is 16.1. The average molecular weight is 264 g/mol. The van der Waals surface area contributed by atoms with Crippen molar-refractivity contribution in [2.24, 2.45) is 0 Å². The number of pyridine rings is 1. The molecule has 3 rings (SSSR count). The number of aromatic amines is 1. The van der Waals surface area contributed by atoms with Gasteiger partial charge in [-0.15, -0.1) is 0 Å². The van der Waals surface area contributed by atoms with Gasteiger partial charge in [-0.2, -0.15) is 5.10 Å². The first-order valence-corrected chi connectivity index (χ1v) is 6.14. The molecule has 0 bridgehead atoms. The number of benzene rings is 1. The second-order valence-corrected chi connectivity index (χ2v) is 4.23. The van der Waals surface area contributed by atoms with Crippen LogP contribution in [-0.2, 0) is 0 Å². The van der Waals surface area contributed by atoms with Crippen molar-refractivity contribution in [3.05, 3.63) is 66.6 Å². The molecule has 1 aromatic carbocycles. The molecule has 1 amide bonds. The largest absolute Gasteiger partial charge is 0.322 e. The van der Waals surface area contributed by atoms with Gasteiger partial charge in [0.2, 0.25) is 0 Å². The topological polar surface area (TPSA) is 70.7 Å². The zero-order valence-corrected chi connectivity index (χ0v) is 10.6. The summed E-state index contributed by atoms with van der Waals surface area (Å²) in [6.45, 7) is 0. The molecule has 2 aromatic heterocycles. The molecule has 3 aromatic rings. The van der Waals surface area contributed by atoms with Gasteiger partial charge >= 0.3 is 0 Å². The normalized spacial score (nSPS) is 10.2. The molecule has 0 saturated heterocycles. The molecular weight excluding hydrogens is 252 g/mol. The Hall–Kier alpha value is -2.95. The summed E-state index contributed by atoms with van der Waals surface area (Å²) in [5, 5.41) is 9.16. The van der Waals surface area contributed by atoms with Crippen molar-refractivity contribution in [2.75, 3.05) is 5.32 Å². The third kappa shape index (κ3) is 2.56. The van der Waals surface area contributed by atoms with Gasteiger partial charge in [0.25, 0.3) is 5.91 Å². The first kappa shape index (κ1) is 12.1. The number of carbonyl (C=O) groups is 1. The van der Waals surface area contributed by atoms with Gasteiger partial charge in [-0.05, 0) is 24.3 Å². The highest BCUT2D eigenvalue weighted by molar-refractivity contribution is 6.03. The van der Waals surface area contributed by atoms with Crippen LogP contribution in [0.1, 0.15) is 10.4 Å². The molecule has 98 valence electrons. The Bertz CT molecular complexity index is 691. The van der Waals surface area contributed by atoms with E-state index in [1.807, 2.05) is 42.5 Å². The quantitative estimate of drug-likeness (QED) is 0.764. The van der Waals surface area contributed by atoms with Gasteiger partial charge in [0.1, 0.15) is 0 Å². The fourth-order valence-corrected chi connectivity index (χ4v) is 1.84. The lowest BCUT2D eigenvalue weighted by atomic mass is 10.1. The summed E-state index contributed by atoms with van der Waals surface area (Å²) in [6.07, 6.45) is 4.79. The van der Waals surface area contributed by atoms with Gasteiger partial charge in [-0.1, -0.05) is 18.2 Å². The standard InChI is InChI=1S/C15H12N4O/c20-15(12-9-17-18-10-12)19-13-6-4-11(5-7-13)14-3-1-2-8-16-14/h1-10H,(H,17,18)(H,19,20). The van der Waals surface area contributed by atoms with Gasteiger partial charge in [0.05, 0.1) is 17.5 Å². The van der Waals surface area contributed by atoms with Crippen LogP contribution in [0.25, 0.3) is 11.3 Å². The molecule has 20 heavy (non-hydrogen) atoms. The van der Waals surface area contributed by atoms with E-state index in [0.29, 0.717) is 5.56 Å². The van der Waals surface area contributed by atoms with Crippen LogP contribution in [-0.4, -0.2) is 21.1 Å². The molecule has 0 aliphatic heterocycles. The van der Waals surface area contributed by atoms with Crippen LogP contribution in [0, 0.1) is 0 Å². The summed E-state index contributed by atoms with van der Waals surface area (Å²) >= 11 is 0. The molecule has 0 unspecified atom stereocenters. The Labute approximate surface area is 115 Å². The lowest BCUT2D eigenvalue weighted by molar-refractivity contribution is 0.102. The van der Waals surface area contributed by atoms with E-state index < -0.39 is 0 Å². The van der Waals surface area contributed by atoms with E-state index in [-0.39, 0.29) is 5.91 Å². The fraction of sp³-hybridized carbons (Fsp3) is 0. The van der Waals surface area contributed by atoms with E-state index in [0.717, 1.165) is 16.9 Å². The number of rotatable bonds is 3. The monoisotopic (exact) mass is 264 g/mol. The molecular formula is C15H12N4O. The Kier molecular flexibility index (Phi) is 3.24. The molecule has 0 radical (unpaired) electrons. The van der Waals surface area contributed by atoms with E-state index in [1.165, 1.54) is 6.20 Å². The SMILES string of the molecule is O=C(Nc1ccc(-c2ccccn2)cc1)c1cn[nH]c1. The van der Waals surface area contributed by atoms with Gasteiger partial charge in [0.15, 0.2) is 0 Å². The zero-order valence-electron chi connectivity index (χ0n) is 10.6. The minimum Gasteiger partial charge on any atom is -0.322 e. The van der Waals surface area contributed by atoms with Crippen LogP contribution in [0.2, 0.25) is 0 Å². The van der Waals surface area contributed by atoms with Crippen LogP contribution < -0.4 is 5.32 Å². The van der Waals surface area contributed by atoms with E-state index in [9.17, 15) is 4.79 Å². The average Bonchev–Trinajstić information content (AvgIpc) is 3.03. The fourth-order valence-electron chi connectivity index (χ4n) is 1.84. The van der Waals surface area contributed by atoms with E-state index >= 15 is 0 Å². The number of hydrogen-bond acceptors (Lipinski definition) is 3. The van der Waals surface area contributed by atoms with E-state index in [1.54, 1.807) is 12.4 Å². The van der Waals surface area contributed by atoms with Gasteiger partial charge in [-0.3, -0.25) is 14.9 Å². The first-order valence-electron chi connectivity index (χ1n) is 6.14. The Morgan fingerprint density at radius 2 is 1.95 bits per heavy atom. The number of nitrogens with one attached hydrogen (secondary N) is 2. The summed E-state index contributed by atoms with van der Waals surface area (Å²) in [7, 11) is 0. The van der Waals surface area contributed by atoms with Crippen LogP contribution in [0.3, 0.4) is 0 Å². The molecule has 0 spiro atoms. The summed E-state index contributed by atoms with van der Waals surface area (Å²) in [6, 6.07) is 13.3. The Balaban J connectivity index is 1.75. The summed E-state index contributed by atoms with van der Waals surface area (Å²) in [5.41, 5.74) is 3.14. The van der Waals surface area contributed by atoms with E-state index in [4.69, 9.17) is 0 Å². The van der Waals surface area contributed by atoms with Crippen molar-refractivity contribution in [2.45, 2.75) is 0 Å². The molecule has 5 heteroatoms. The number of aromatic nitrogens is 3. The van der Waals surface area contributed by atoms with Gasteiger partial charge in [0, 0.05) is 23.6 Å². The predicted molar refractivity (Wildman–Crippen MR) is 76.2 cm³/mol. The number of carbonyl (C=O) groups excluding carboxylic acids is 1. The van der Waals surface area contributed by atoms with Crippen LogP contribution in [0.5, 0.6) is 0 Å². The molecule has 0 fully saturated rings. The van der Waals surface area contributed by atoms with Gasteiger partial charge in [-0.25, -0.2) is 0 Å². The number of anilines is 1. The maximum Gasteiger partial charge on any atom is 0.258 e. The lowest BCUT2D eigenvalue weighted by Crippen LogP contribution is -2.10. The predicted octanol–water partition coefficient (Wildman–Crippen LogP) is 2.72. The Morgan fingerprint density at radius 3 is 2.60 bits per heavy atom. The number of H-pyrrole nitrogens is 1. The number of amides is 1. The first-order chi connectivity index (χ1) is 9.83. The highest BCUT2D eigenvalue weighted by Crippen LogP contribution is 2.19. The molecule has 2 heterocycles. The molecule has 0 atom stereocenters. The van der Waals surface area contributed by atoms with Crippen molar-refractivity contribution < 1.29 is 4.79 Å². The second-order valence-electron chi connectivity index (χ2n) is 4.23. The van der Waals surface area contributed by atoms with Crippen LogP contribution in [0.4, 0.5) is 5.69 Å². The summed E-state index contributed by atoms with van der Waals surface area (Å²) in [4.78, 5) is 16.1. The zero-order chi connectivity index (χ0) is 13.8. The third-order valence-electron chi connectivity index (χ3n) is 2.86. The number of nitrogens with zero attached hydrogens (tertiary/aromatic N) is 2. The lowest BCUT2D eigenvalue weighted by Gasteiger charge is -2.05. The summed E-state index contributed by atoms with van der Waals surface area (Å²) < 4.78 is 0. The Morgan fingerprint density at radius 1 is 1.10 bits per heavy atom. The van der Waals surface area contributed by atoms with Gasteiger partial charge < -0.3 is 5.32 Å². The molecule has 5 nitrogen and oxygen atoms in total. The van der Waals surface area contributed by atoms with Crippen molar-refractivity contribution >= 4 is 11.6 Å². The van der Waals surface area contributed by atoms with Crippen molar-refractivity contribution in [3.8, 4) is 11.3 Å². The molecule has 0 aliphatic rings. The number of hydrogen-bond donors (Lipinski definition) is 2. The van der Waals surface area contributed by atoms with Crippen molar-refractivity contribution in [1.29, 1.82) is 0 Å². The minimum atomic E-state index is -0.190. The van der Waals surface area contributed by atoms with Crippen molar-refractivity contribution in [1.82, 2.24) is 15.2 Å². The second kappa shape index (κ2) is 5.36. The summed E-state index contributed by atoms with van der Waals surface area (Å²) in [5.74, 6) is -0.190.